The number of aryl methyl sites for hydroxylation is 2. The van der Waals surface area contributed by atoms with Crippen LogP contribution in [-0.2, 0) is 24.3 Å². The van der Waals surface area contributed by atoms with Crippen molar-refractivity contribution in [1.82, 2.24) is 9.21 Å². The fourth-order valence-corrected chi connectivity index (χ4v) is 5.51. The molecule has 3 rings (SSSR count). The molecule has 0 spiro atoms. The van der Waals surface area contributed by atoms with E-state index in [4.69, 9.17) is 4.74 Å². The lowest BCUT2D eigenvalue weighted by Gasteiger charge is -2.24. The largest absolute Gasteiger partial charge is 0.454 e. The number of aliphatic hydroxyl groups is 1. The quantitative estimate of drug-likeness (QED) is 0.571. The number of sulfonamides is 1. The molecule has 0 radical (unpaired) electrons. The maximum atomic E-state index is 13.2. The molecule has 1 heterocycles. The summed E-state index contributed by atoms with van der Waals surface area (Å²) < 4.78 is 32.5. The van der Waals surface area contributed by atoms with Crippen LogP contribution in [0.25, 0.3) is 0 Å². The molecule has 172 valence electrons. The lowest BCUT2D eigenvalue weighted by Crippen LogP contribution is -2.43. The van der Waals surface area contributed by atoms with E-state index in [9.17, 15) is 23.1 Å². The van der Waals surface area contributed by atoms with Gasteiger partial charge in [0.05, 0.1) is 11.0 Å². The second kappa shape index (κ2) is 9.67. The van der Waals surface area contributed by atoms with Crippen LogP contribution < -0.4 is 0 Å². The zero-order valence-corrected chi connectivity index (χ0v) is 19.2. The third-order valence-corrected chi connectivity index (χ3v) is 7.82. The Hall–Kier alpha value is -1.97. The average Bonchev–Trinajstić information content (AvgIpc) is 3.45. The molecule has 2 fully saturated rings. The van der Waals surface area contributed by atoms with Crippen LogP contribution in [-0.4, -0.2) is 73.0 Å². The van der Waals surface area contributed by atoms with Crippen LogP contribution in [0.15, 0.2) is 23.1 Å². The van der Waals surface area contributed by atoms with Crippen molar-refractivity contribution in [3.63, 3.8) is 0 Å². The highest BCUT2D eigenvalue weighted by Gasteiger charge is 2.44. The summed E-state index contributed by atoms with van der Waals surface area (Å²) in [6.45, 7) is 6.33. The van der Waals surface area contributed by atoms with Crippen molar-refractivity contribution in [3.05, 3.63) is 29.3 Å². The smallest absolute Gasteiger partial charge is 0.325 e. The number of hydrogen-bond donors (Lipinski definition) is 1. The third-order valence-electron chi connectivity index (χ3n) is 5.95. The predicted octanol–water partition coefficient (Wildman–Crippen LogP) is 1.62. The van der Waals surface area contributed by atoms with E-state index in [-0.39, 0.29) is 23.8 Å². The Bertz CT molecular complexity index is 928. The fraction of sp³-hybridized carbons (Fsp3) is 0.636. The van der Waals surface area contributed by atoms with Crippen molar-refractivity contribution < 1.29 is 27.9 Å². The Balaban J connectivity index is 1.68. The fourth-order valence-electron chi connectivity index (χ4n) is 3.79. The van der Waals surface area contributed by atoms with E-state index in [2.05, 4.69) is 0 Å². The molecule has 31 heavy (non-hydrogen) atoms. The van der Waals surface area contributed by atoms with Gasteiger partial charge in [0.2, 0.25) is 10.0 Å². The number of amides is 1. The van der Waals surface area contributed by atoms with E-state index in [0.717, 1.165) is 34.7 Å². The Morgan fingerprint density at radius 2 is 1.94 bits per heavy atom. The number of ether oxygens (including phenoxy) is 1. The molecule has 1 aliphatic heterocycles. The van der Waals surface area contributed by atoms with Gasteiger partial charge in [0.1, 0.15) is 6.04 Å². The normalized spacial score (nSPS) is 21.8. The Kier molecular flexibility index (Phi) is 7.39. The zero-order chi connectivity index (χ0) is 22.8. The maximum absolute atomic E-state index is 13.2. The molecule has 1 N–H and O–H groups in total. The van der Waals surface area contributed by atoms with Crippen molar-refractivity contribution in [1.29, 1.82) is 0 Å². The average molecular weight is 453 g/mol. The summed E-state index contributed by atoms with van der Waals surface area (Å²) in [5.74, 6) is -0.556. The Morgan fingerprint density at radius 3 is 2.55 bits per heavy atom. The molecule has 1 aromatic carbocycles. The number of β-amino-alcohol motifs (C(OH)–C–C–N with tert-alkyl or cyclic N) is 1. The summed E-state index contributed by atoms with van der Waals surface area (Å²) in [7, 11) is -4.00. The van der Waals surface area contributed by atoms with Gasteiger partial charge in [-0.05, 0) is 62.3 Å². The third kappa shape index (κ3) is 5.64. The molecule has 0 bridgehead atoms. The molecule has 1 saturated heterocycles. The van der Waals surface area contributed by atoms with Crippen molar-refractivity contribution >= 4 is 21.9 Å². The standard InChI is InChI=1S/C22H32N2O6S/c1-4-9-23(12-17-6-7-17)21(26)14-30-22(27)20-11-18(25)13-24(20)31(28,29)19-8-5-15(2)16(3)10-19/h5,8,10,17-18,20,25H,4,6-7,9,11-14H2,1-3H3/t18-,20+/m0/s1. The second-order valence-electron chi connectivity index (χ2n) is 8.62. The van der Waals surface area contributed by atoms with Gasteiger partial charge in [-0.15, -0.1) is 0 Å². The van der Waals surface area contributed by atoms with Gasteiger partial charge in [0, 0.05) is 26.1 Å². The number of aliphatic hydroxyl groups excluding tert-OH is 1. The first-order valence-electron chi connectivity index (χ1n) is 10.8. The first-order chi connectivity index (χ1) is 14.6. The van der Waals surface area contributed by atoms with Gasteiger partial charge in [0.15, 0.2) is 6.61 Å². The van der Waals surface area contributed by atoms with Crippen LogP contribution >= 0.6 is 0 Å². The number of hydrogen-bond acceptors (Lipinski definition) is 6. The molecule has 0 aromatic heterocycles. The van der Waals surface area contributed by atoms with E-state index in [1.54, 1.807) is 17.0 Å². The predicted molar refractivity (Wildman–Crippen MR) is 115 cm³/mol. The Morgan fingerprint density at radius 1 is 1.23 bits per heavy atom. The van der Waals surface area contributed by atoms with Gasteiger partial charge in [-0.25, -0.2) is 8.42 Å². The molecule has 1 aromatic rings. The van der Waals surface area contributed by atoms with E-state index < -0.39 is 34.7 Å². The molecule has 2 atom stereocenters. The summed E-state index contributed by atoms with van der Waals surface area (Å²) in [4.78, 5) is 27.0. The number of carbonyl (C=O) groups is 2. The molecular weight excluding hydrogens is 420 g/mol. The van der Waals surface area contributed by atoms with E-state index in [1.165, 1.54) is 6.07 Å². The molecule has 1 amide bonds. The number of esters is 1. The number of carbonyl (C=O) groups excluding carboxylic acids is 2. The van der Waals surface area contributed by atoms with Gasteiger partial charge in [-0.3, -0.25) is 9.59 Å². The second-order valence-corrected chi connectivity index (χ2v) is 10.5. The highest BCUT2D eigenvalue weighted by atomic mass is 32.2. The van der Waals surface area contributed by atoms with E-state index in [0.29, 0.717) is 19.0 Å². The highest BCUT2D eigenvalue weighted by molar-refractivity contribution is 7.89. The topological polar surface area (TPSA) is 104 Å². The van der Waals surface area contributed by atoms with E-state index >= 15 is 0 Å². The molecule has 8 nitrogen and oxygen atoms in total. The first kappa shape index (κ1) is 23.7. The van der Waals surface area contributed by atoms with Crippen molar-refractivity contribution in [2.24, 2.45) is 5.92 Å². The minimum Gasteiger partial charge on any atom is -0.454 e. The summed E-state index contributed by atoms with van der Waals surface area (Å²) in [5, 5.41) is 10.1. The van der Waals surface area contributed by atoms with Gasteiger partial charge in [-0.2, -0.15) is 4.31 Å². The van der Waals surface area contributed by atoms with Crippen molar-refractivity contribution in [3.8, 4) is 0 Å². The van der Waals surface area contributed by atoms with Gasteiger partial charge < -0.3 is 14.7 Å². The van der Waals surface area contributed by atoms with Crippen LogP contribution in [0, 0.1) is 19.8 Å². The summed E-state index contributed by atoms with van der Waals surface area (Å²) in [5.41, 5.74) is 1.77. The minimum atomic E-state index is -4.00. The molecular formula is C22H32N2O6S. The monoisotopic (exact) mass is 452 g/mol. The Labute approximate surface area is 184 Å². The SMILES string of the molecule is CCCN(CC1CC1)C(=O)COC(=O)[C@H]1C[C@H](O)CN1S(=O)(=O)c1ccc(C)c(C)c1. The minimum absolute atomic E-state index is 0.0577. The summed E-state index contributed by atoms with van der Waals surface area (Å²) in [6, 6.07) is 3.61. The van der Waals surface area contributed by atoms with Crippen molar-refractivity contribution in [2.75, 3.05) is 26.2 Å². The zero-order valence-electron chi connectivity index (χ0n) is 18.4. The number of rotatable bonds is 9. The van der Waals surface area contributed by atoms with Crippen LogP contribution in [0.3, 0.4) is 0 Å². The van der Waals surface area contributed by atoms with Crippen LogP contribution in [0.2, 0.25) is 0 Å². The highest BCUT2D eigenvalue weighted by Crippen LogP contribution is 2.30. The van der Waals surface area contributed by atoms with E-state index in [1.807, 2.05) is 20.8 Å². The van der Waals surface area contributed by atoms with Crippen molar-refractivity contribution in [2.45, 2.75) is 63.5 Å². The lowest BCUT2D eigenvalue weighted by atomic mass is 10.1. The summed E-state index contributed by atoms with van der Waals surface area (Å²) >= 11 is 0. The molecule has 1 aliphatic carbocycles. The number of benzene rings is 1. The van der Waals surface area contributed by atoms with Gasteiger partial charge in [0.25, 0.3) is 5.91 Å². The molecule has 2 aliphatic rings. The lowest BCUT2D eigenvalue weighted by molar-refractivity contribution is -0.154. The molecule has 1 saturated carbocycles. The van der Waals surface area contributed by atoms with Gasteiger partial charge in [-0.1, -0.05) is 13.0 Å². The maximum Gasteiger partial charge on any atom is 0.325 e. The van der Waals surface area contributed by atoms with Crippen LogP contribution in [0.5, 0.6) is 0 Å². The molecule has 0 unspecified atom stereocenters. The molecule has 9 heteroatoms. The van der Waals surface area contributed by atoms with Crippen LogP contribution in [0.4, 0.5) is 0 Å². The van der Waals surface area contributed by atoms with Gasteiger partial charge >= 0.3 is 5.97 Å². The number of nitrogens with zero attached hydrogens (tertiary/aromatic N) is 2. The first-order valence-corrected chi connectivity index (χ1v) is 12.3. The summed E-state index contributed by atoms with van der Waals surface area (Å²) in [6.07, 6.45) is 2.00. The van der Waals surface area contributed by atoms with Crippen LogP contribution in [0.1, 0.15) is 43.7 Å².